The van der Waals surface area contributed by atoms with Crippen molar-refractivity contribution in [1.29, 1.82) is 0 Å². The van der Waals surface area contributed by atoms with Crippen molar-refractivity contribution in [2.75, 3.05) is 0 Å². The highest BCUT2D eigenvalue weighted by molar-refractivity contribution is 5.16. The minimum Gasteiger partial charge on any atom is -0.332 e. The summed E-state index contributed by atoms with van der Waals surface area (Å²) >= 11 is 0. The van der Waals surface area contributed by atoms with Crippen molar-refractivity contribution in [3.63, 3.8) is 0 Å². The molecule has 70 valence electrons. The van der Waals surface area contributed by atoms with E-state index >= 15 is 0 Å². The van der Waals surface area contributed by atoms with Gasteiger partial charge >= 0.3 is 0 Å². The van der Waals surface area contributed by atoms with Gasteiger partial charge in [-0.2, -0.15) is 0 Å². The molecule has 0 radical (unpaired) electrons. The number of hydrogen-bond donors (Lipinski definition) is 0. The van der Waals surface area contributed by atoms with Crippen molar-refractivity contribution >= 4 is 0 Å². The second kappa shape index (κ2) is 2.60. The molecule has 2 aliphatic rings. The van der Waals surface area contributed by atoms with Gasteiger partial charge in [-0.05, 0) is 32.6 Å². The summed E-state index contributed by atoms with van der Waals surface area (Å²) in [6.45, 7) is 2.31. The van der Waals surface area contributed by atoms with Gasteiger partial charge in [0.15, 0.2) is 0 Å². The zero-order valence-electron chi connectivity index (χ0n) is 8.16. The Kier molecular flexibility index (Phi) is 1.52. The quantitative estimate of drug-likeness (QED) is 0.643. The predicted molar refractivity (Wildman–Crippen MR) is 51.9 cm³/mol. The lowest BCUT2D eigenvalue weighted by atomic mass is 10.1. The van der Waals surface area contributed by atoms with E-state index in [0.29, 0.717) is 6.04 Å². The number of nitrogens with zero attached hydrogens (tertiary/aromatic N) is 2. The van der Waals surface area contributed by atoms with E-state index in [1.54, 1.807) is 0 Å². The molecular weight excluding hydrogens is 160 g/mol. The largest absolute Gasteiger partial charge is 0.332 e. The molecule has 1 fully saturated rings. The van der Waals surface area contributed by atoms with Gasteiger partial charge in [-0.3, -0.25) is 0 Å². The van der Waals surface area contributed by atoms with Gasteiger partial charge in [0, 0.05) is 24.6 Å². The molecule has 13 heavy (non-hydrogen) atoms. The molecule has 1 saturated carbocycles. The summed E-state index contributed by atoms with van der Waals surface area (Å²) in [5.41, 5.74) is 1.36. The zero-order chi connectivity index (χ0) is 8.84. The fraction of sp³-hybridized carbons (Fsp3) is 0.727. The lowest BCUT2D eigenvalue weighted by Crippen LogP contribution is -2.14. The first kappa shape index (κ1) is 7.60. The van der Waals surface area contributed by atoms with Crippen LogP contribution in [0.25, 0.3) is 0 Å². The Morgan fingerprint density at radius 2 is 2.23 bits per heavy atom. The van der Waals surface area contributed by atoms with Gasteiger partial charge in [-0.1, -0.05) is 0 Å². The maximum absolute atomic E-state index is 4.73. The van der Waals surface area contributed by atoms with Crippen LogP contribution in [0, 0.1) is 0 Å². The Morgan fingerprint density at radius 1 is 1.38 bits per heavy atom. The molecule has 0 aromatic carbocycles. The molecule has 0 unspecified atom stereocenters. The molecule has 0 bridgehead atoms. The van der Waals surface area contributed by atoms with Crippen molar-refractivity contribution in [2.45, 2.75) is 51.0 Å². The standard InChI is InChI=1S/C11H16N2/c1-8-3-2-4-11-12-10(7-13(8)11)9-5-6-9/h7-9H,2-6H2,1H3/t8-/m0/s1. The number of aromatic nitrogens is 2. The number of fused-ring (bicyclic) bond motifs is 1. The summed E-state index contributed by atoms with van der Waals surface area (Å²) < 4.78 is 2.40. The van der Waals surface area contributed by atoms with E-state index < -0.39 is 0 Å². The summed E-state index contributed by atoms with van der Waals surface area (Å²) in [4.78, 5) is 4.73. The fourth-order valence-corrected chi connectivity index (χ4v) is 2.29. The van der Waals surface area contributed by atoms with Crippen molar-refractivity contribution in [3.8, 4) is 0 Å². The van der Waals surface area contributed by atoms with Crippen LogP contribution in [0.4, 0.5) is 0 Å². The van der Waals surface area contributed by atoms with Gasteiger partial charge in [0.1, 0.15) is 5.82 Å². The Morgan fingerprint density at radius 3 is 2.92 bits per heavy atom. The van der Waals surface area contributed by atoms with Crippen LogP contribution >= 0.6 is 0 Å². The summed E-state index contributed by atoms with van der Waals surface area (Å²) in [6, 6.07) is 0.684. The van der Waals surface area contributed by atoms with Crippen molar-refractivity contribution < 1.29 is 0 Å². The average Bonchev–Trinajstić information content (AvgIpc) is 2.87. The van der Waals surface area contributed by atoms with Crippen LogP contribution in [-0.2, 0) is 6.42 Å². The highest BCUT2D eigenvalue weighted by Gasteiger charge is 2.28. The van der Waals surface area contributed by atoms with Crippen LogP contribution < -0.4 is 0 Å². The van der Waals surface area contributed by atoms with Crippen LogP contribution in [0.3, 0.4) is 0 Å². The van der Waals surface area contributed by atoms with E-state index in [-0.39, 0.29) is 0 Å². The van der Waals surface area contributed by atoms with Crippen LogP contribution in [0.2, 0.25) is 0 Å². The SMILES string of the molecule is C[C@H]1CCCc2nc(C3CC3)cn21. The maximum Gasteiger partial charge on any atom is 0.109 e. The third-order valence-corrected chi connectivity index (χ3v) is 3.32. The number of hydrogen-bond acceptors (Lipinski definition) is 1. The minimum atomic E-state index is 0.684. The third kappa shape index (κ3) is 1.19. The number of aryl methyl sites for hydroxylation is 1. The van der Waals surface area contributed by atoms with Gasteiger partial charge < -0.3 is 4.57 Å². The van der Waals surface area contributed by atoms with Gasteiger partial charge in [0.2, 0.25) is 0 Å². The van der Waals surface area contributed by atoms with Gasteiger partial charge in [0.25, 0.3) is 0 Å². The lowest BCUT2D eigenvalue weighted by molar-refractivity contribution is 0.425. The molecule has 2 heterocycles. The summed E-state index contributed by atoms with van der Waals surface area (Å²) in [7, 11) is 0. The van der Waals surface area contributed by atoms with Crippen LogP contribution in [0.5, 0.6) is 0 Å². The fourth-order valence-electron chi connectivity index (χ4n) is 2.29. The smallest absolute Gasteiger partial charge is 0.109 e. The van der Waals surface area contributed by atoms with E-state index in [4.69, 9.17) is 4.98 Å². The monoisotopic (exact) mass is 176 g/mol. The molecule has 0 saturated heterocycles. The Bertz CT molecular complexity index is 323. The highest BCUT2D eigenvalue weighted by Crippen LogP contribution is 2.40. The summed E-state index contributed by atoms with van der Waals surface area (Å²) in [5, 5.41) is 0. The van der Waals surface area contributed by atoms with E-state index in [1.165, 1.54) is 43.6 Å². The Balaban J connectivity index is 1.99. The second-order valence-corrected chi connectivity index (χ2v) is 4.50. The Labute approximate surface area is 79.0 Å². The zero-order valence-corrected chi connectivity index (χ0v) is 8.16. The normalized spacial score (nSPS) is 27.3. The molecule has 2 heteroatoms. The van der Waals surface area contributed by atoms with Gasteiger partial charge in [0.05, 0.1) is 5.69 Å². The first-order chi connectivity index (χ1) is 6.34. The second-order valence-electron chi connectivity index (χ2n) is 4.50. The molecule has 1 aliphatic carbocycles. The van der Waals surface area contributed by atoms with E-state index in [0.717, 1.165) is 5.92 Å². The molecular formula is C11H16N2. The lowest BCUT2D eigenvalue weighted by Gasteiger charge is -2.20. The molecule has 1 aromatic heterocycles. The minimum absolute atomic E-state index is 0.684. The molecule has 1 atom stereocenters. The Hall–Kier alpha value is -0.790. The summed E-state index contributed by atoms with van der Waals surface area (Å²) in [6.07, 6.45) is 8.87. The number of rotatable bonds is 1. The highest BCUT2D eigenvalue weighted by atomic mass is 15.1. The van der Waals surface area contributed by atoms with E-state index in [9.17, 15) is 0 Å². The van der Waals surface area contributed by atoms with Crippen molar-refractivity contribution in [2.24, 2.45) is 0 Å². The van der Waals surface area contributed by atoms with E-state index in [1.807, 2.05) is 0 Å². The molecule has 1 aromatic rings. The summed E-state index contributed by atoms with van der Waals surface area (Å²) in [5.74, 6) is 2.14. The molecule has 0 amide bonds. The first-order valence-corrected chi connectivity index (χ1v) is 5.42. The van der Waals surface area contributed by atoms with Crippen LogP contribution in [0.15, 0.2) is 6.20 Å². The predicted octanol–water partition coefficient (Wildman–Crippen LogP) is 2.66. The maximum atomic E-state index is 4.73. The first-order valence-electron chi connectivity index (χ1n) is 5.42. The topological polar surface area (TPSA) is 17.8 Å². The van der Waals surface area contributed by atoms with Gasteiger partial charge in [-0.15, -0.1) is 0 Å². The van der Waals surface area contributed by atoms with E-state index in [2.05, 4.69) is 17.7 Å². The van der Waals surface area contributed by atoms with Crippen LogP contribution in [0.1, 0.15) is 56.1 Å². The molecule has 3 rings (SSSR count). The molecule has 0 N–H and O–H groups in total. The molecule has 1 aliphatic heterocycles. The molecule has 0 spiro atoms. The van der Waals surface area contributed by atoms with Crippen LogP contribution in [-0.4, -0.2) is 9.55 Å². The molecule has 2 nitrogen and oxygen atoms in total. The van der Waals surface area contributed by atoms with Crippen molar-refractivity contribution in [3.05, 3.63) is 17.7 Å². The van der Waals surface area contributed by atoms with Gasteiger partial charge in [-0.25, -0.2) is 4.98 Å². The average molecular weight is 176 g/mol. The van der Waals surface area contributed by atoms with Crippen molar-refractivity contribution in [1.82, 2.24) is 9.55 Å². The number of imidazole rings is 1. The third-order valence-electron chi connectivity index (χ3n) is 3.32.